The number of amides is 1. The minimum Gasteiger partial charge on any atom is -0.494 e. The van der Waals surface area contributed by atoms with E-state index in [0.29, 0.717) is 23.2 Å². The van der Waals surface area contributed by atoms with Crippen LogP contribution in [0, 0.1) is 5.92 Å². The lowest BCUT2D eigenvalue weighted by Gasteiger charge is -2.25. The molecule has 4 rings (SSSR count). The molecule has 1 aromatic carbocycles. The minimum atomic E-state index is -0.294. The molecule has 144 valence electrons. The summed E-state index contributed by atoms with van der Waals surface area (Å²) in [7, 11) is 1.56. The molecule has 0 bridgehead atoms. The summed E-state index contributed by atoms with van der Waals surface area (Å²) in [6.07, 6.45) is 8.33. The lowest BCUT2D eigenvalue weighted by Crippen LogP contribution is -2.19. The number of hydrogen-bond donors (Lipinski definition) is 1. The third kappa shape index (κ3) is 3.60. The zero-order chi connectivity index (χ0) is 19.5. The van der Waals surface area contributed by atoms with Crippen molar-refractivity contribution in [1.82, 2.24) is 14.8 Å². The van der Waals surface area contributed by atoms with Gasteiger partial charge in [0.05, 0.1) is 24.4 Å². The molecule has 0 spiro atoms. The molecule has 1 N–H and O–H groups in total. The van der Waals surface area contributed by atoms with Gasteiger partial charge in [-0.3, -0.25) is 14.5 Å². The number of aromatic nitrogens is 3. The zero-order valence-electron chi connectivity index (χ0n) is 15.7. The molecule has 3 aromatic rings. The fourth-order valence-corrected chi connectivity index (χ4v) is 3.71. The summed E-state index contributed by atoms with van der Waals surface area (Å²) in [4.78, 5) is 27.5. The molecule has 28 heavy (non-hydrogen) atoms. The third-order valence-electron chi connectivity index (χ3n) is 5.30. The lowest BCUT2D eigenvalue weighted by atomic mass is 9.87. The van der Waals surface area contributed by atoms with Crippen molar-refractivity contribution in [2.24, 2.45) is 5.92 Å². The number of pyridine rings is 1. The van der Waals surface area contributed by atoms with Crippen LogP contribution in [0.15, 0.2) is 42.7 Å². The van der Waals surface area contributed by atoms with Gasteiger partial charge in [0.2, 0.25) is 0 Å². The molecule has 1 aliphatic rings. The second-order valence-corrected chi connectivity index (χ2v) is 7.09. The first kappa shape index (κ1) is 18.2. The molecule has 2 heterocycles. The van der Waals surface area contributed by atoms with Gasteiger partial charge in [-0.1, -0.05) is 6.07 Å². The highest BCUT2D eigenvalue weighted by Crippen LogP contribution is 2.34. The van der Waals surface area contributed by atoms with Gasteiger partial charge in [0, 0.05) is 29.8 Å². The number of fused-ring (bicyclic) bond motifs is 1. The number of carbonyl (C=O) groups excluding carboxylic acids is 2. The first-order valence-corrected chi connectivity index (χ1v) is 9.42. The zero-order valence-corrected chi connectivity index (χ0v) is 15.7. The minimum absolute atomic E-state index is 0.176. The smallest absolute Gasteiger partial charge is 0.274 e. The molecule has 1 fully saturated rings. The van der Waals surface area contributed by atoms with Crippen LogP contribution in [0.3, 0.4) is 0 Å². The second kappa shape index (κ2) is 7.80. The van der Waals surface area contributed by atoms with E-state index in [1.54, 1.807) is 31.5 Å². The van der Waals surface area contributed by atoms with Crippen molar-refractivity contribution in [2.45, 2.75) is 31.7 Å². The van der Waals surface area contributed by atoms with Crippen molar-refractivity contribution in [2.75, 3.05) is 12.4 Å². The maximum Gasteiger partial charge on any atom is 0.274 e. The van der Waals surface area contributed by atoms with Gasteiger partial charge < -0.3 is 14.8 Å². The van der Waals surface area contributed by atoms with E-state index in [2.05, 4.69) is 10.3 Å². The van der Waals surface area contributed by atoms with Crippen molar-refractivity contribution < 1.29 is 14.3 Å². The number of nitrogens with one attached hydrogen (secondary N) is 1. The van der Waals surface area contributed by atoms with E-state index in [9.17, 15) is 9.59 Å². The van der Waals surface area contributed by atoms with Crippen molar-refractivity contribution in [1.29, 1.82) is 0 Å². The van der Waals surface area contributed by atoms with Crippen LogP contribution in [0.4, 0.5) is 5.69 Å². The highest BCUT2D eigenvalue weighted by Gasteiger charge is 2.23. The van der Waals surface area contributed by atoms with E-state index in [1.165, 1.54) is 0 Å². The predicted octanol–water partition coefficient (Wildman–Crippen LogP) is 3.62. The van der Waals surface area contributed by atoms with Crippen molar-refractivity contribution >= 4 is 28.8 Å². The number of anilines is 1. The van der Waals surface area contributed by atoms with Gasteiger partial charge in [-0.2, -0.15) is 5.10 Å². The standard InChI is InChI=1S/C21H22N4O3/c1-28-20-11-18-15(10-19(20)23-21(27)17-4-2-3-9-22-17)12-25(24-18)16-7-5-14(13-26)6-8-16/h2-4,9-14,16H,5-8H2,1H3,(H,23,27). The molecule has 1 aliphatic carbocycles. The fourth-order valence-electron chi connectivity index (χ4n) is 3.71. The molecule has 0 radical (unpaired) electrons. The number of rotatable bonds is 5. The van der Waals surface area contributed by atoms with E-state index in [0.717, 1.165) is 42.9 Å². The number of carbonyl (C=O) groups is 2. The number of methoxy groups -OCH3 is 1. The van der Waals surface area contributed by atoms with Crippen LogP contribution in [-0.4, -0.2) is 34.1 Å². The Balaban J connectivity index is 1.60. The largest absolute Gasteiger partial charge is 0.494 e. The summed E-state index contributed by atoms with van der Waals surface area (Å²) in [6.45, 7) is 0. The van der Waals surface area contributed by atoms with E-state index in [-0.39, 0.29) is 11.8 Å². The molecule has 0 aliphatic heterocycles. The molecule has 7 heteroatoms. The van der Waals surface area contributed by atoms with Gasteiger partial charge in [0.25, 0.3) is 5.91 Å². The van der Waals surface area contributed by atoms with Crippen LogP contribution in [0.2, 0.25) is 0 Å². The van der Waals surface area contributed by atoms with Crippen LogP contribution in [0.1, 0.15) is 42.2 Å². The number of hydrogen-bond acceptors (Lipinski definition) is 5. The summed E-state index contributed by atoms with van der Waals surface area (Å²) in [5, 5.41) is 8.49. The Bertz CT molecular complexity index is 992. The van der Waals surface area contributed by atoms with Crippen molar-refractivity contribution in [3.63, 3.8) is 0 Å². The summed E-state index contributed by atoms with van der Waals surface area (Å²) in [5.41, 5.74) is 1.73. The van der Waals surface area contributed by atoms with Crippen LogP contribution in [-0.2, 0) is 4.79 Å². The normalized spacial score (nSPS) is 19.3. The Morgan fingerprint density at radius 3 is 2.75 bits per heavy atom. The average molecular weight is 378 g/mol. The number of nitrogens with zero attached hydrogens (tertiary/aromatic N) is 3. The van der Waals surface area contributed by atoms with Crippen LogP contribution < -0.4 is 10.1 Å². The average Bonchev–Trinajstić information content (AvgIpc) is 3.16. The Morgan fingerprint density at radius 1 is 1.25 bits per heavy atom. The lowest BCUT2D eigenvalue weighted by molar-refractivity contribution is -0.112. The first-order valence-electron chi connectivity index (χ1n) is 9.42. The topological polar surface area (TPSA) is 86.1 Å². The van der Waals surface area contributed by atoms with E-state index < -0.39 is 0 Å². The van der Waals surface area contributed by atoms with Crippen LogP contribution in [0.5, 0.6) is 5.75 Å². The molecular weight excluding hydrogens is 356 g/mol. The second-order valence-electron chi connectivity index (χ2n) is 7.09. The van der Waals surface area contributed by atoms with Crippen LogP contribution >= 0.6 is 0 Å². The van der Waals surface area contributed by atoms with Gasteiger partial charge in [-0.15, -0.1) is 0 Å². The van der Waals surface area contributed by atoms with Gasteiger partial charge in [-0.05, 0) is 43.9 Å². The molecule has 1 saturated carbocycles. The maximum absolute atomic E-state index is 12.5. The van der Waals surface area contributed by atoms with Gasteiger partial charge in [-0.25, -0.2) is 0 Å². The predicted molar refractivity (Wildman–Crippen MR) is 106 cm³/mol. The highest BCUT2D eigenvalue weighted by atomic mass is 16.5. The summed E-state index contributed by atoms with van der Waals surface area (Å²) < 4.78 is 7.43. The number of aldehydes is 1. The SMILES string of the molecule is COc1cc2nn(C3CCC(C=O)CC3)cc2cc1NC(=O)c1ccccn1. The molecule has 0 unspecified atom stereocenters. The maximum atomic E-state index is 12.5. The van der Waals surface area contributed by atoms with Crippen molar-refractivity contribution in [3.05, 3.63) is 48.4 Å². The summed E-state index contributed by atoms with van der Waals surface area (Å²) in [6, 6.07) is 9.19. The summed E-state index contributed by atoms with van der Waals surface area (Å²) >= 11 is 0. The quantitative estimate of drug-likeness (QED) is 0.685. The molecule has 0 saturated heterocycles. The molecule has 1 amide bonds. The first-order chi connectivity index (χ1) is 13.7. The fraction of sp³-hybridized carbons (Fsp3) is 0.333. The molecule has 7 nitrogen and oxygen atoms in total. The Labute approximate surface area is 162 Å². The third-order valence-corrected chi connectivity index (χ3v) is 5.30. The van der Waals surface area contributed by atoms with E-state index in [4.69, 9.17) is 9.84 Å². The molecule has 2 aromatic heterocycles. The van der Waals surface area contributed by atoms with Crippen LogP contribution in [0.25, 0.3) is 10.9 Å². The number of benzene rings is 1. The van der Waals surface area contributed by atoms with Gasteiger partial charge in [0.1, 0.15) is 17.7 Å². The van der Waals surface area contributed by atoms with E-state index in [1.807, 2.05) is 23.0 Å². The number of ether oxygens (including phenoxy) is 1. The van der Waals surface area contributed by atoms with Crippen molar-refractivity contribution in [3.8, 4) is 5.75 Å². The monoisotopic (exact) mass is 378 g/mol. The summed E-state index contributed by atoms with van der Waals surface area (Å²) in [5.74, 6) is 0.430. The Hall–Kier alpha value is -3.22. The van der Waals surface area contributed by atoms with Gasteiger partial charge >= 0.3 is 0 Å². The molecular formula is C21H22N4O3. The van der Waals surface area contributed by atoms with Gasteiger partial charge in [0.15, 0.2) is 0 Å². The Kier molecular flexibility index (Phi) is 5.06. The Morgan fingerprint density at radius 2 is 2.07 bits per heavy atom. The highest BCUT2D eigenvalue weighted by molar-refractivity contribution is 6.05. The molecule has 0 atom stereocenters. The van der Waals surface area contributed by atoms with E-state index >= 15 is 0 Å².